The summed E-state index contributed by atoms with van der Waals surface area (Å²) >= 11 is 0. The molecule has 1 atom stereocenters. The molecule has 0 bridgehead atoms. The Kier molecular flexibility index (Phi) is 6.33. The van der Waals surface area contributed by atoms with Crippen LogP contribution < -0.4 is 9.21 Å². The number of anilines is 2. The summed E-state index contributed by atoms with van der Waals surface area (Å²) in [6.45, 7) is 1.58. The molecular weight excluding hydrogens is 464 g/mol. The highest BCUT2D eigenvalue weighted by Gasteiger charge is 2.36. The highest BCUT2D eigenvalue weighted by atomic mass is 32.2. The molecule has 0 spiro atoms. The van der Waals surface area contributed by atoms with Crippen molar-refractivity contribution in [3.8, 4) is 0 Å². The molecule has 0 aliphatic carbocycles. The first-order valence-corrected chi connectivity index (χ1v) is 12.8. The second-order valence-corrected chi connectivity index (χ2v) is 11.7. The second-order valence-electron chi connectivity index (χ2n) is 7.65. The fraction of sp³-hybridized carbons (Fsp3) is 0.350. The van der Waals surface area contributed by atoms with Gasteiger partial charge in [0.1, 0.15) is 6.04 Å². The molecule has 1 unspecified atom stereocenters. The summed E-state index contributed by atoms with van der Waals surface area (Å²) in [4.78, 5) is 14.7. The average Bonchev–Trinajstić information content (AvgIpc) is 3.12. The SMILES string of the molecule is CC(C(=O)N1CCc2cc(S(=O)(=O)N(C)C)ccc21)N(c1ccc(F)c(F)c1)S(C)(=O)=O. The molecule has 0 saturated carbocycles. The van der Waals surface area contributed by atoms with Gasteiger partial charge in [0.15, 0.2) is 11.6 Å². The van der Waals surface area contributed by atoms with E-state index in [4.69, 9.17) is 0 Å². The zero-order chi connectivity index (χ0) is 24.0. The number of nitrogens with zero attached hydrogens (tertiary/aromatic N) is 3. The molecule has 8 nitrogen and oxygen atoms in total. The van der Waals surface area contributed by atoms with Gasteiger partial charge in [-0.1, -0.05) is 0 Å². The molecular formula is C20H23F2N3O5S2. The van der Waals surface area contributed by atoms with Gasteiger partial charge < -0.3 is 4.90 Å². The summed E-state index contributed by atoms with van der Waals surface area (Å²) in [5.41, 5.74) is 0.921. The smallest absolute Gasteiger partial charge is 0.250 e. The molecule has 1 amide bonds. The lowest BCUT2D eigenvalue weighted by Crippen LogP contribution is -2.49. The third-order valence-electron chi connectivity index (χ3n) is 5.22. The quantitative estimate of drug-likeness (QED) is 0.621. The normalized spacial score (nSPS) is 15.0. The van der Waals surface area contributed by atoms with E-state index in [9.17, 15) is 30.4 Å². The zero-order valence-corrected chi connectivity index (χ0v) is 19.5. The summed E-state index contributed by atoms with van der Waals surface area (Å²) in [5, 5.41) is 0. The van der Waals surface area contributed by atoms with E-state index in [1.165, 1.54) is 44.1 Å². The minimum absolute atomic E-state index is 0.0862. The summed E-state index contributed by atoms with van der Waals surface area (Å²) in [6.07, 6.45) is 1.25. The molecule has 1 aliphatic rings. The number of hydrogen-bond donors (Lipinski definition) is 0. The largest absolute Gasteiger partial charge is 0.310 e. The Balaban J connectivity index is 1.96. The maximum absolute atomic E-state index is 13.7. The Morgan fingerprint density at radius 3 is 2.25 bits per heavy atom. The van der Waals surface area contributed by atoms with Crippen LogP contribution in [-0.2, 0) is 31.3 Å². The minimum Gasteiger partial charge on any atom is -0.310 e. The molecule has 0 fully saturated rings. The van der Waals surface area contributed by atoms with Crippen LogP contribution in [0.25, 0.3) is 0 Å². The number of amides is 1. The highest BCUT2D eigenvalue weighted by molar-refractivity contribution is 7.92. The van der Waals surface area contributed by atoms with Crippen molar-refractivity contribution in [3.63, 3.8) is 0 Å². The van der Waals surface area contributed by atoms with E-state index < -0.39 is 43.6 Å². The molecule has 3 rings (SSSR count). The summed E-state index contributed by atoms with van der Waals surface area (Å²) < 4.78 is 78.5. The third kappa shape index (κ3) is 4.34. The van der Waals surface area contributed by atoms with Crippen molar-refractivity contribution in [1.82, 2.24) is 4.31 Å². The van der Waals surface area contributed by atoms with Crippen LogP contribution in [0.3, 0.4) is 0 Å². The van der Waals surface area contributed by atoms with Gasteiger partial charge in [0.2, 0.25) is 20.0 Å². The molecule has 0 aromatic heterocycles. The number of hydrogen-bond acceptors (Lipinski definition) is 5. The summed E-state index contributed by atoms with van der Waals surface area (Å²) in [5.74, 6) is -2.96. The predicted octanol–water partition coefficient (Wildman–Crippen LogP) is 1.96. The van der Waals surface area contributed by atoms with Crippen molar-refractivity contribution in [2.45, 2.75) is 24.3 Å². The van der Waals surface area contributed by atoms with Crippen LogP contribution in [0.4, 0.5) is 20.2 Å². The molecule has 2 aromatic carbocycles. The second kappa shape index (κ2) is 8.41. The van der Waals surface area contributed by atoms with E-state index in [1.54, 1.807) is 0 Å². The van der Waals surface area contributed by atoms with Crippen molar-refractivity contribution >= 4 is 37.3 Å². The van der Waals surface area contributed by atoms with E-state index in [0.717, 1.165) is 33.1 Å². The van der Waals surface area contributed by atoms with Gasteiger partial charge in [-0.3, -0.25) is 9.10 Å². The first-order chi connectivity index (χ1) is 14.7. The van der Waals surface area contributed by atoms with Crippen LogP contribution in [0, 0.1) is 11.6 Å². The van der Waals surface area contributed by atoms with Crippen molar-refractivity contribution in [3.05, 3.63) is 53.6 Å². The summed E-state index contributed by atoms with van der Waals surface area (Å²) in [6, 6.07) is 5.71. The molecule has 1 heterocycles. The Hall–Kier alpha value is -2.57. The Morgan fingerprint density at radius 1 is 1.03 bits per heavy atom. The van der Waals surface area contributed by atoms with Crippen molar-refractivity contribution in [2.75, 3.05) is 36.1 Å². The van der Waals surface area contributed by atoms with Crippen LogP contribution >= 0.6 is 0 Å². The van der Waals surface area contributed by atoms with Gasteiger partial charge in [0.05, 0.1) is 16.8 Å². The Labute approximate surface area is 186 Å². The van der Waals surface area contributed by atoms with Gasteiger partial charge in [0, 0.05) is 32.4 Å². The number of sulfonamides is 2. The minimum atomic E-state index is -4.02. The standard InChI is InChI=1S/C20H23F2N3O5S2/c1-13(25(31(4,27)28)15-5-7-17(21)18(22)12-15)20(26)24-10-9-14-11-16(6-8-19(14)24)32(29,30)23(2)3/h5-8,11-13H,9-10H2,1-4H3. The first kappa shape index (κ1) is 24.1. The molecule has 12 heteroatoms. The fourth-order valence-electron chi connectivity index (χ4n) is 3.63. The number of carbonyl (C=O) groups is 1. The lowest BCUT2D eigenvalue weighted by atomic mass is 10.1. The lowest BCUT2D eigenvalue weighted by molar-refractivity contribution is -0.119. The Bertz CT molecular complexity index is 1280. The number of halogens is 2. The van der Waals surface area contributed by atoms with E-state index in [0.29, 0.717) is 17.7 Å². The van der Waals surface area contributed by atoms with Gasteiger partial charge in [-0.25, -0.2) is 29.9 Å². The lowest BCUT2D eigenvalue weighted by Gasteiger charge is -2.31. The van der Waals surface area contributed by atoms with Crippen molar-refractivity contribution < 1.29 is 30.4 Å². The molecule has 174 valence electrons. The van der Waals surface area contributed by atoms with Crippen molar-refractivity contribution in [1.29, 1.82) is 0 Å². The number of rotatable bonds is 6. The van der Waals surface area contributed by atoms with Gasteiger partial charge in [0.25, 0.3) is 5.91 Å². The first-order valence-electron chi connectivity index (χ1n) is 9.56. The highest BCUT2D eigenvalue weighted by Crippen LogP contribution is 2.33. The predicted molar refractivity (Wildman–Crippen MR) is 117 cm³/mol. The van der Waals surface area contributed by atoms with Crippen LogP contribution in [0.5, 0.6) is 0 Å². The van der Waals surface area contributed by atoms with Crippen LogP contribution in [0.15, 0.2) is 41.3 Å². The number of benzene rings is 2. The summed E-state index contributed by atoms with van der Waals surface area (Å²) in [7, 11) is -4.85. The Morgan fingerprint density at radius 2 is 1.69 bits per heavy atom. The average molecular weight is 488 g/mol. The van der Waals surface area contributed by atoms with Crippen LogP contribution in [0.1, 0.15) is 12.5 Å². The van der Waals surface area contributed by atoms with Crippen molar-refractivity contribution in [2.24, 2.45) is 0 Å². The van der Waals surface area contributed by atoms with Gasteiger partial charge in [-0.05, 0) is 49.2 Å². The zero-order valence-electron chi connectivity index (χ0n) is 17.9. The van der Waals surface area contributed by atoms with E-state index in [-0.39, 0.29) is 17.1 Å². The molecule has 0 N–H and O–H groups in total. The van der Waals surface area contributed by atoms with E-state index in [1.807, 2.05) is 0 Å². The molecule has 0 radical (unpaired) electrons. The molecule has 2 aromatic rings. The maximum Gasteiger partial charge on any atom is 0.250 e. The fourth-order valence-corrected chi connectivity index (χ4v) is 5.74. The number of fused-ring (bicyclic) bond motifs is 1. The van der Waals surface area contributed by atoms with E-state index in [2.05, 4.69) is 0 Å². The van der Waals surface area contributed by atoms with Crippen LogP contribution in [0.2, 0.25) is 0 Å². The van der Waals surface area contributed by atoms with Gasteiger partial charge in [-0.15, -0.1) is 0 Å². The molecule has 32 heavy (non-hydrogen) atoms. The maximum atomic E-state index is 13.7. The monoisotopic (exact) mass is 487 g/mol. The number of carbonyl (C=O) groups excluding carboxylic acids is 1. The van der Waals surface area contributed by atoms with E-state index >= 15 is 0 Å². The van der Waals surface area contributed by atoms with Gasteiger partial charge in [-0.2, -0.15) is 0 Å². The molecule has 1 aliphatic heterocycles. The van der Waals surface area contributed by atoms with Crippen LogP contribution in [-0.4, -0.2) is 60.0 Å². The molecule has 0 saturated heterocycles. The topological polar surface area (TPSA) is 95.1 Å². The van der Waals surface area contributed by atoms with Gasteiger partial charge >= 0.3 is 0 Å². The third-order valence-corrected chi connectivity index (χ3v) is 8.27.